The molecule has 2 unspecified atom stereocenters. The SMILES string of the molecule is CCOc1ccc(C=C2C(=O)C(=Cc3ccc(OCC)c(OC)c3)C3CCC2N3C)cc1OC. The van der Waals surface area contributed by atoms with E-state index in [1.54, 1.807) is 14.2 Å². The zero-order chi connectivity index (χ0) is 24.2. The van der Waals surface area contributed by atoms with Gasteiger partial charge in [0.1, 0.15) is 0 Å². The molecule has 2 bridgehead atoms. The first-order valence-corrected chi connectivity index (χ1v) is 11.8. The Kier molecular flexibility index (Phi) is 7.27. The van der Waals surface area contributed by atoms with Crippen LogP contribution in [0.25, 0.3) is 12.2 Å². The third-order valence-electron chi connectivity index (χ3n) is 6.56. The molecule has 34 heavy (non-hydrogen) atoms. The first kappa shape index (κ1) is 23.9. The highest BCUT2D eigenvalue weighted by Crippen LogP contribution is 2.41. The van der Waals surface area contributed by atoms with Gasteiger partial charge in [0, 0.05) is 23.2 Å². The van der Waals surface area contributed by atoms with Gasteiger partial charge in [-0.2, -0.15) is 0 Å². The van der Waals surface area contributed by atoms with Crippen molar-refractivity contribution < 1.29 is 23.7 Å². The van der Waals surface area contributed by atoms with E-state index in [0.29, 0.717) is 36.2 Å². The normalized spacial score (nSPS) is 22.3. The van der Waals surface area contributed by atoms with Gasteiger partial charge < -0.3 is 18.9 Å². The minimum absolute atomic E-state index is 0.103. The van der Waals surface area contributed by atoms with E-state index in [0.717, 1.165) is 35.1 Å². The molecule has 2 aliphatic heterocycles. The van der Waals surface area contributed by atoms with Gasteiger partial charge in [0.15, 0.2) is 28.8 Å². The fourth-order valence-electron chi connectivity index (χ4n) is 4.94. The summed E-state index contributed by atoms with van der Waals surface area (Å²) in [6.07, 6.45) is 5.90. The molecule has 2 heterocycles. The first-order chi connectivity index (χ1) is 16.5. The van der Waals surface area contributed by atoms with Crippen LogP contribution in [0.2, 0.25) is 0 Å². The third-order valence-corrected chi connectivity index (χ3v) is 6.56. The second-order valence-electron chi connectivity index (χ2n) is 8.49. The van der Waals surface area contributed by atoms with Crippen LogP contribution in [0.4, 0.5) is 0 Å². The van der Waals surface area contributed by atoms with Gasteiger partial charge in [-0.3, -0.25) is 9.69 Å². The highest BCUT2D eigenvalue weighted by atomic mass is 16.5. The number of ketones is 1. The van der Waals surface area contributed by atoms with E-state index < -0.39 is 0 Å². The molecule has 180 valence electrons. The van der Waals surface area contributed by atoms with E-state index in [-0.39, 0.29) is 17.9 Å². The quantitative estimate of drug-likeness (QED) is 0.513. The molecule has 0 N–H and O–H groups in total. The molecule has 0 spiro atoms. The van der Waals surface area contributed by atoms with E-state index in [4.69, 9.17) is 18.9 Å². The van der Waals surface area contributed by atoms with Crippen molar-refractivity contribution in [2.24, 2.45) is 0 Å². The van der Waals surface area contributed by atoms with Gasteiger partial charge in [0.05, 0.1) is 27.4 Å². The molecule has 6 heteroatoms. The number of likely N-dealkylation sites (N-methyl/N-ethyl adjacent to an activating group) is 1. The number of hydrogen-bond acceptors (Lipinski definition) is 6. The Morgan fingerprint density at radius 2 is 1.24 bits per heavy atom. The van der Waals surface area contributed by atoms with E-state index in [2.05, 4.69) is 11.9 Å². The van der Waals surface area contributed by atoms with Gasteiger partial charge in [-0.15, -0.1) is 0 Å². The molecular formula is C28H33NO5. The Bertz CT molecular complexity index is 1030. The summed E-state index contributed by atoms with van der Waals surface area (Å²) in [5, 5.41) is 0. The van der Waals surface area contributed by atoms with Gasteiger partial charge in [-0.05, 0) is 81.3 Å². The smallest absolute Gasteiger partial charge is 0.188 e. The number of Topliss-reactive ketones (excluding diaryl/α,β-unsaturated/α-hetero) is 1. The number of methoxy groups -OCH3 is 2. The van der Waals surface area contributed by atoms with Crippen LogP contribution < -0.4 is 18.9 Å². The molecule has 2 aromatic rings. The standard InChI is InChI=1S/C28H33NO5/c1-6-33-24-12-8-18(16-26(24)31-4)14-20-22-10-11-23(29(22)3)21(28(20)30)15-19-9-13-25(34-7-2)27(17-19)32-5/h8-9,12-17,22-23H,6-7,10-11H2,1-5H3. The number of nitrogens with zero attached hydrogens (tertiary/aromatic N) is 1. The van der Waals surface area contributed by atoms with Crippen molar-refractivity contribution in [3.8, 4) is 23.0 Å². The maximum Gasteiger partial charge on any atom is 0.188 e. The van der Waals surface area contributed by atoms with Gasteiger partial charge in [-0.1, -0.05) is 12.1 Å². The van der Waals surface area contributed by atoms with Gasteiger partial charge in [-0.25, -0.2) is 0 Å². The number of benzene rings is 2. The summed E-state index contributed by atoms with van der Waals surface area (Å²) in [6, 6.07) is 11.8. The molecule has 2 saturated heterocycles. The van der Waals surface area contributed by atoms with Crippen LogP contribution in [0.5, 0.6) is 23.0 Å². The largest absolute Gasteiger partial charge is 0.493 e. The molecule has 0 radical (unpaired) electrons. The van der Waals surface area contributed by atoms with E-state index >= 15 is 0 Å². The molecule has 6 nitrogen and oxygen atoms in total. The van der Waals surface area contributed by atoms with Crippen molar-refractivity contribution in [3.63, 3.8) is 0 Å². The summed E-state index contributed by atoms with van der Waals surface area (Å²) in [4.78, 5) is 16.0. The maximum atomic E-state index is 13.7. The number of fused-ring (bicyclic) bond motifs is 2. The van der Waals surface area contributed by atoms with Crippen molar-refractivity contribution in [2.75, 3.05) is 34.5 Å². The van der Waals surface area contributed by atoms with Crippen LogP contribution in [0, 0.1) is 0 Å². The Hall–Kier alpha value is -3.25. The molecular weight excluding hydrogens is 430 g/mol. The van der Waals surface area contributed by atoms with Crippen LogP contribution in [-0.4, -0.2) is 57.2 Å². The lowest BCUT2D eigenvalue weighted by molar-refractivity contribution is -0.114. The second-order valence-corrected chi connectivity index (χ2v) is 8.49. The minimum Gasteiger partial charge on any atom is -0.493 e. The van der Waals surface area contributed by atoms with Crippen molar-refractivity contribution in [2.45, 2.75) is 38.8 Å². The van der Waals surface area contributed by atoms with E-state index in [1.807, 2.05) is 62.4 Å². The number of piperidine rings is 1. The molecule has 0 amide bonds. The zero-order valence-corrected chi connectivity index (χ0v) is 20.6. The topological polar surface area (TPSA) is 57.2 Å². The van der Waals surface area contributed by atoms with Gasteiger partial charge in [0.25, 0.3) is 0 Å². The van der Waals surface area contributed by atoms with Crippen LogP contribution in [0.1, 0.15) is 37.8 Å². The number of carbonyl (C=O) groups excluding carboxylic acids is 1. The average molecular weight is 464 g/mol. The molecule has 2 aliphatic rings. The summed E-state index contributed by atoms with van der Waals surface area (Å²) in [6.45, 7) is 5.01. The third kappa shape index (κ3) is 4.55. The van der Waals surface area contributed by atoms with Crippen molar-refractivity contribution in [3.05, 3.63) is 58.7 Å². The Labute approximate surface area is 201 Å². The predicted octanol–water partition coefficient (Wildman–Crippen LogP) is 5.01. The number of rotatable bonds is 8. The van der Waals surface area contributed by atoms with Crippen molar-refractivity contribution >= 4 is 17.9 Å². The molecule has 0 aromatic heterocycles. The Morgan fingerprint density at radius 3 is 1.62 bits per heavy atom. The molecule has 2 fully saturated rings. The van der Waals surface area contributed by atoms with Crippen LogP contribution in [0.15, 0.2) is 47.5 Å². The van der Waals surface area contributed by atoms with E-state index in [1.165, 1.54) is 0 Å². The average Bonchev–Trinajstić information content (AvgIpc) is 3.16. The lowest BCUT2D eigenvalue weighted by Gasteiger charge is -2.34. The summed E-state index contributed by atoms with van der Waals surface area (Å²) >= 11 is 0. The fraction of sp³-hybridized carbons (Fsp3) is 0.393. The summed E-state index contributed by atoms with van der Waals surface area (Å²) in [5.74, 6) is 2.82. The second kappa shape index (κ2) is 10.3. The Balaban J connectivity index is 1.71. The zero-order valence-electron chi connectivity index (χ0n) is 20.6. The minimum atomic E-state index is 0.103. The maximum absolute atomic E-state index is 13.7. The summed E-state index contributed by atoms with van der Waals surface area (Å²) in [7, 11) is 5.36. The highest BCUT2D eigenvalue weighted by molar-refractivity contribution is 6.16. The summed E-state index contributed by atoms with van der Waals surface area (Å²) in [5.41, 5.74) is 3.47. The van der Waals surface area contributed by atoms with Crippen LogP contribution in [-0.2, 0) is 4.79 Å². The molecule has 2 atom stereocenters. The van der Waals surface area contributed by atoms with Gasteiger partial charge >= 0.3 is 0 Å². The number of carbonyl (C=O) groups is 1. The number of hydrogen-bond donors (Lipinski definition) is 0. The predicted molar refractivity (Wildman–Crippen MR) is 134 cm³/mol. The van der Waals surface area contributed by atoms with Crippen molar-refractivity contribution in [1.29, 1.82) is 0 Å². The molecule has 4 rings (SSSR count). The van der Waals surface area contributed by atoms with Crippen LogP contribution >= 0.6 is 0 Å². The summed E-state index contributed by atoms with van der Waals surface area (Å²) < 4.78 is 22.3. The van der Waals surface area contributed by atoms with E-state index in [9.17, 15) is 4.79 Å². The monoisotopic (exact) mass is 463 g/mol. The number of ether oxygens (including phenoxy) is 4. The Morgan fingerprint density at radius 1 is 0.794 bits per heavy atom. The van der Waals surface area contributed by atoms with Crippen LogP contribution in [0.3, 0.4) is 0 Å². The van der Waals surface area contributed by atoms with Gasteiger partial charge in [0.2, 0.25) is 0 Å². The molecule has 0 aliphatic carbocycles. The first-order valence-electron chi connectivity index (χ1n) is 11.8. The lowest BCUT2D eigenvalue weighted by atomic mass is 9.88. The van der Waals surface area contributed by atoms with Crippen molar-refractivity contribution in [1.82, 2.24) is 4.90 Å². The molecule has 2 aromatic carbocycles. The molecule has 0 saturated carbocycles. The fourth-order valence-corrected chi connectivity index (χ4v) is 4.94. The highest BCUT2D eigenvalue weighted by Gasteiger charge is 2.44. The lowest BCUT2D eigenvalue weighted by Crippen LogP contribution is -2.43.